The van der Waals surface area contributed by atoms with Crippen LogP contribution in [0.25, 0.3) is 0 Å². The van der Waals surface area contributed by atoms with E-state index in [9.17, 15) is 0 Å². The van der Waals surface area contributed by atoms with Gasteiger partial charge in [0.1, 0.15) is 0 Å². The Hall–Kier alpha value is -0.550. The van der Waals surface area contributed by atoms with E-state index in [1.807, 2.05) is 12.3 Å². The lowest BCUT2D eigenvalue weighted by Crippen LogP contribution is -2.47. The highest BCUT2D eigenvalue weighted by atomic mass is 35.5. The molecule has 1 atom stereocenters. The highest BCUT2D eigenvalue weighted by Crippen LogP contribution is 2.38. The van der Waals surface area contributed by atoms with Gasteiger partial charge in [0.05, 0.1) is 7.11 Å². The largest absolute Gasteiger partial charge is 0.481 e. The van der Waals surface area contributed by atoms with E-state index in [0.717, 1.165) is 32.1 Å². The molecule has 132 valence electrons. The number of rotatable bonds is 4. The van der Waals surface area contributed by atoms with Crippen LogP contribution in [-0.4, -0.2) is 43.2 Å². The minimum atomic E-state index is 0. The maximum absolute atomic E-state index is 5.21. The summed E-state index contributed by atoms with van der Waals surface area (Å²) in [5.41, 5.74) is 1.37. The van der Waals surface area contributed by atoms with Crippen molar-refractivity contribution in [1.29, 1.82) is 0 Å². The fraction of sp³-hybridized carbons (Fsp3) is 0.706. The van der Waals surface area contributed by atoms with Crippen LogP contribution in [0.4, 0.5) is 0 Å². The van der Waals surface area contributed by atoms with Crippen molar-refractivity contribution in [3.05, 3.63) is 23.9 Å². The fourth-order valence-electron chi connectivity index (χ4n) is 3.88. The number of piperazine rings is 1. The molecule has 1 saturated carbocycles. The molecule has 2 fully saturated rings. The van der Waals surface area contributed by atoms with Crippen LogP contribution in [0.15, 0.2) is 18.3 Å². The van der Waals surface area contributed by atoms with E-state index in [2.05, 4.69) is 21.3 Å². The summed E-state index contributed by atoms with van der Waals surface area (Å²) in [5, 5.41) is 3.46. The molecule has 1 aromatic rings. The molecule has 1 saturated heterocycles. The Kier molecular flexibility index (Phi) is 9.22. The van der Waals surface area contributed by atoms with Crippen LogP contribution in [0.5, 0.6) is 5.88 Å². The summed E-state index contributed by atoms with van der Waals surface area (Å²) in [7, 11) is 1.68. The molecule has 2 heterocycles. The number of aromatic nitrogens is 1. The number of hydrogen-bond donors (Lipinski definition) is 1. The lowest BCUT2D eigenvalue weighted by atomic mass is 9.80. The van der Waals surface area contributed by atoms with Crippen LogP contribution >= 0.6 is 24.8 Å². The summed E-state index contributed by atoms with van der Waals surface area (Å²) in [6.45, 7) is 4.50. The molecule has 1 aromatic heterocycles. The Morgan fingerprint density at radius 1 is 1.13 bits per heavy atom. The summed E-state index contributed by atoms with van der Waals surface area (Å²) in [5.74, 6) is 1.49. The third kappa shape index (κ3) is 5.21. The van der Waals surface area contributed by atoms with Crippen LogP contribution in [-0.2, 0) is 0 Å². The highest BCUT2D eigenvalue weighted by molar-refractivity contribution is 5.85. The van der Waals surface area contributed by atoms with Gasteiger partial charge in [-0.3, -0.25) is 4.90 Å². The predicted octanol–water partition coefficient (Wildman–Crippen LogP) is 3.46. The second kappa shape index (κ2) is 10.3. The van der Waals surface area contributed by atoms with Crippen LogP contribution in [0.1, 0.15) is 43.7 Å². The lowest BCUT2D eigenvalue weighted by Gasteiger charge is -2.41. The van der Waals surface area contributed by atoms with Crippen molar-refractivity contribution in [2.75, 3.05) is 33.3 Å². The Morgan fingerprint density at radius 2 is 1.83 bits per heavy atom. The zero-order valence-electron chi connectivity index (χ0n) is 13.9. The molecule has 6 heteroatoms. The van der Waals surface area contributed by atoms with E-state index in [4.69, 9.17) is 4.74 Å². The number of hydrogen-bond acceptors (Lipinski definition) is 4. The Morgan fingerprint density at radius 3 is 2.39 bits per heavy atom. The molecule has 1 aliphatic heterocycles. The molecule has 0 spiro atoms. The Bertz CT molecular complexity index is 414. The topological polar surface area (TPSA) is 37.4 Å². The van der Waals surface area contributed by atoms with Crippen molar-refractivity contribution in [1.82, 2.24) is 15.2 Å². The maximum Gasteiger partial charge on any atom is 0.212 e. The van der Waals surface area contributed by atoms with Crippen molar-refractivity contribution in [2.45, 2.75) is 38.1 Å². The summed E-state index contributed by atoms with van der Waals surface area (Å²) in [6, 6.07) is 4.76. The van der Waals surface area contributed by atoms with Crippen molar-refractivity contribution in [3.63, 3.8) is 0 Å². The first kappa shape index (κ1) is 20.5. The monoisotopic (exact) mass is 361 g/mol. The van der Waals surface area contributed by atoms with E-state index >= 15 is 0 Å². The Labute approximate surface area is 152 Å². The van der Waals surface area contributed by atoms with Gasteiger partial charge in [-0.1, -0.05) is 25.3 Å². The normalized spacial score (nSPS) is 20.9. The third-order valence-electron chi connectivity index (χ3n) is 4.95. The van der Waals surface area contributed by atoms with Crippen molar-refractivity contribution in [3.8, 4) is 5.88 Å². The molecule has 3 rings (SSSR count). The van der Waals surface area contributed by atoms with Gasteiger partial charge in [-0.05, 0) is 24.3 Å². The van der Waals surface area contributed by atoms with Gasteiger partial charge in [0.25, 0.3) is 0 Å². The van der Waals surface area contributed by atoms with Gasteiger partial charge in [-0.25, -0.2) is 4.98 Å². The predicted molar refractivity (Wildman–Crippen MR) is 99.0 cm³/mol. The quantitative estimate of drug-likeness (QED) is 0.890. The number of pyridine rings is 1. The number of nitrogens with zero attached hydrogens (tertiary/aromatic N) is 2. The smallest absolute Gasteiger partial charge is 0.212 e. The summed E-state index contributed by atoms with van der Waals surface area (Å²) in [6.07, 6.45) is 8.93. The second-order valence-electron chi connectivity index (χ2n) is 6.26. The molecule has 0 aromatic carbocycles. The first-order valence-corrected chi connectivity index (χ1v) is 8.33. The second-order valence-corrected chi connectivity index (χ2v) is 6.26. The molecule has 2 aliphatic rings. The van der Waals surface area contributed by atoms with Gasteiger partial charge >= 0.3 is 0 Å². The average Bonchev–Trinajstić information content (AvgIpc) is 2.58. The van der Waals surface area contributed by atoms with E-state index < -0.39 is 0 Å². The zero-order chi connectivity index (χ0) is 14.5. The van der Waals surface area contributed by atoms with E-state index in [-0.39, 0.29) is 24.8 Å². The maximum atomic E-state index is 5.21. The molecule has 0 unspecified atom stereocenters. The van der Waals surface area contributed by atoms with Crippen LogP contribution in [0, 0.1) is 5.92 Å². The highest BCUT2D eigenvalue weighted by Gasteiger charge is 2.31. The van der Waals surface area contributed by atoms with Crippen LogP contribution in [0.3, 0.4) is 0 Å². The molecule has 1 N–H and O–H groups in total. The molecule has 1 aliphatic carbocycles. The molecule has 0 radical (unpaired) electrons. The van der Waals surface area contributed by atoms with Gasteiger partial charge in [0.15, 0.2) is 0 Å². The van der Waals surface area contributed by atoms with Gasteiger partial charge in [0.2, 0.25) is 5.88 Å². The summed E-state index contributed by atoms with van der Waals surface area (Å²) < 4.78 is 5.21. The first-order chi connectivity index (χ1) is 10.4. The van der Waals surface area contributed by atoms with E-state index in [0.29, 0.717) is 11.9 Å². The van der Waals surface area contributed by atoms with Crippen LogP contribution in [0.2, 0.25) is 0 Å². The first-order valence-electron chi connectivity index (χ1n) is 8.33. The molecule has 0 bridgehead atoms. The number of methoxy groups -OCH3 is 1. The average molecular weight is 362 g/mol. The van der Waals surface area contributed by atoms with Gasteiger partial charge in [-0.2, -0.15) is 0 Å². The van der Waals surface area contributed by atoms with E-state index in [1.165, 1.54) is 37.7 Å². The molecule has 0 amide bonds. The molecular formula is C17H29Cl2N3O. The third-order valence-corrected chi connectivity index (χ3v) is 4.95. The number of ether oxygens (including phenoxy) is 1. The van der Waals surface area contributed by atoms with E-state index in [1.54, 1.807) is 7.11 Å². The van der Waals surface area contributed by atoms with Crippen LogP contribution < -0.4 is 10.1 Å². The number of nitrogens with one attached hydrogen (secondary N) is 1. The lowest BCUT2D eigenvalue weighted by molar-refractivity contribution is 0.103. The standard InChI is InChI=1S/C17H27N3O.2ClH/c1-21-16-8-7-15(13-19-16)17(14-5-3-2-4-6-14)20-11-9-18-10-12-20;;/h7-8,13-14,17-18H,2-6,9-12H2,1H3;2*1H/t17-;;/m0../s1. The fourth-order valence-corrected chi connectivity index (χ4v) is 3.88. The van der Waals surface area contributed by atoms with Crippen molar-refractivity contribution in [2.24, 2.45) is 5.92 Å². The van der Waals surface area contributed by atoms with Gasteiger partial charge in [-0.15, -0.1) is 24.8 Å². The zero-order valence-corrected chi connectivity index (χ0v) is 15.5. The van der Waals surface area contributed by atoms with Crippen molar-refractivity contribution < 1.29 is 4.74 Å². The SMILES string of the molecule is COc1ccc([C@H](C2CCCCC2)N2CCNCC2)cn1.Cl.Cl. The van der Waals surface area contributed by atoms with Gasteiger partial charge in [0, 0.05) is 44.5 Å². The Balaban J connectivity index is 0.00000132. The summed E-state index contributed by atoms with van der Waals surface area (Å²) in [4.78, 5) is 7.11. The summed E-state index contributed by atoms with van der Waals surface area (Å²) >= 11 is 0. The van der Waals surface area contributed by atoms with Crippen molar-refractivity contribution >= 4 is 24.8 Å². The molecule has 4 nitrogen and oxygen atoms in total. The number of halogens is 2. The minimum absolute atomic E-state index is 0. The minimum Gasteiger partial charge on any atom is -0.481 e. The van der Waals surface area contributed by atoms with Gasteiger partial charge < -0.3 is 10.1 Å². The molecular weight excluding hydrogens is 333 g/mol. The molecule has 23 heavy (non-hydrogen) atoms.